The average molecular weight is 291 g/mol. The van der Waals surface area contributed by atoms with Crippen LogP contribution in [0.2, 0.25) is 0 Å². The number of aromatic nitrogens is 2. The highest BCUT2D eigenvalue weighted by Crippen LogP contribution is 2.26. The third-order valence-corrected chi connectivity index (χ3v) is 3.09. The highest BCUT2D eigenvalue weighted by molar-refractivity contribution is 5.92. The molecule has 0 amide bonds. The molecular weight excluding hydrogens is 274 g/mol. The number of benzene rings is 1. The van der Waals surface area contributed by atoms with Crippen LogP contribution in [0, 0.1) is 0 Å². The number of methoxy groups -OCH3 is 3. The van der Waals surface area contributed by atoms with Crippen molar-refractivity contribution in [1.29, 1.82) is 0 Å². The van der Waals surface area contributed by atoms with Gasteiger partial charge < -0.3 is 24.5 Å². The van der Waals surface area contributed by atoms with E-state index in [0.717, 1.165) is 5.56 Å². The molecular formula is C14H17N3O4. The van der Waals surface area contributed by atoms with Gasteiger partial charge in [0.2, 0.25) is 0 Å². The number of carbonyl (C=O) groups excluding carboxylic acids is 1. The molecule has 112 valence electrons. The molecule has 0 spiro atoms. The zero-order chi connectivity index (χ0) is 15.4. The first-order valence-corrected chi connectivity index (χ1v) is 6.20. The molecule has 1 aromatic carbocycles. The third-order valence-electron chi connectivity index (χ3n) is 3.09. The molecule has 0 saturated carbocycles. The predicted octanol–water partition coefficient (Wildman–Crippen LogP) is 1.32. The standard InChI is InChI=1S/C14H17N3O4/c1-19-10-5-4-9(11(6-10)20-2)7-17-8-16-12(13(17)15)14(18)21-3/h4-6,8H,7,15H2,1-3H3. The minimum atomic E-state index is -0.562. The Morgan fingerprint density at radius 1 is 1.29 bits per heavy atom. The lowest BCUT2D eigenvalue weighted by Gasteiger charge is -2.11. The largest absolute Gasteiger partial charge is 0.497 e. The number of imidazole rings is 1. The van der Waals surface area contributed by atoms with E-state index in [4.69, 9.17) is 15.2 Å². The molecule has 2 rings (SSSR count). The molecule has 0 saturated heterocycles. The Morgan fingerprint density at radius 3 is 2.67 bits per heavy atom. The average Bonchev–Trinajstić information content (AvgIpc) is 2.88. The number of carbonyl (C=O) groups is 1. The van der Waals surface area contributed by atoms with Gasteiger partial charge in [0, 0.05) is 11.6 Å². The van der Waals surface area contributed by atoms with Crippen LogP contribution in [0.5, 0.6) is 11.5 Å². The molecule has 1 aromatic heterocycles. The van der Waals surface area contributed by atoms with E-state index in [1.165, 1.54) is 13.4 Å². The molecule has 0 aliphatic rings. The second-order valence-electron chi connectivity index (χ2n) is 4.28. The highest BCUT2D eigenvalue weighted by atomic mass is 16.5. The van der Waals surface area contributed by atoms with Crippen LogP contribution in [0.3, 0.4) is 0 Å². The van der Waals surface area contributed by atoms with Gasteiger partial charge in [0.1, 0.15) is 17.3 Å². The lowest BCUT2D eigenvalue weighted by molar-refractivity contribution is 0.0596. The lowest BCUT2D eigenvalue weighted by Crippen LogP contribution is -2.09. The molecule has 0 aliphatic carbocycles. The number of esters is 1. The van der Waals surface area contributed by atoms with E-state index in [1.54, 1.807) is 24.9 Å². The van der Waals surface area contributed by atoms with Gasteiger partial charge in [-0.05, 0) is 12.1 Å². The van der Waals surface area contributed by atoms with Crippen molar-refractivity contribution >= 4 is 11.8 Å². The summed E-state index contributed by atoms with van der Waals surface area (Å²) >= 11 is 0. The number of nitrogens with zero attached hydrogens (tertiary/aromatic N) is 2. The normalized spacial score (nSPS) is 10.2. The van der Waals surface area contributed by atoms with Gasteiger partial charge in [-0.2, -0.15) is 0 Å². The number of rotatable bonds is 5. The number of ether oxygens (including phenoxy) is 3. The van der Waals surface area contributed by atoms with Crippen LogP contribution < -0.4 is 15.2 Å². The van der Waals surface area contributed by atoms with Gasteiger partial charge in [-0.15, -0.1) is 0 Å². The molecule has 1 heterocycles. The fourth-order valence-corrected chi connectivity index (χ4v) is 1.94. The Hall–Kier alpha value is -2.70. The maximum absolute atomic E-state index is 11.5. The van der Waals surface area contributed by atoms with Crippen LogP contribution in [-0.2, 0) is 11.3 Å². The van der Waals surface area contributed by atoms with E-state index < -0.39 is 5.97 Å². The molecule has 0 unspecified atom stereocenters. The first kappa shape index (κ1) is 14.7. The molecule has 0 bridgehead atoms. The second kappa shape index (κ2) is 6.17. The van der Waals surface area contributed by atoms with Crippen LogP contribution in [0.4, 0.5) is 5.82 Å². The fourth-order valence-electron chi connectivity index (χ4n) is 1.94. The van der Waals surface area contributed by atoms with Crippen LogP contribution in [0.1, 0.15) is 16.1 Å². The molecule has 2 N–H and O–H groups in total. The summed E-state index contributed by atoms with van der Waals surface area (Å²) in [6, 6.07) is 5.48. The Morgan fingerprint density at radius 2 is 2.05 bits per heavy atom. The smallest absolute Gasteiger partial charge is 0.360 e. The van der Waals surface area contributed by atoms with Gasteiger partial charge in [0.05, 0.1) is 34.2 Å². The van der Waals surface area contributed by atoms with E-state index in [1.807, 2.05) is 12.1 Å². The van der Waals surface area contributed by atoms with E-state index in [-0.39, 0.29) is 11.5 Å². The van der Waals surface area contributed by atoms with E-state index in [2.05, 4.69) is 9.72 Å². The molecule has 21 heavy (non-hydrogen) atoms. The fraction of sp³-hybridized carbons (Fsp3) is 0.286. The molecule has 7 nitrogen and oxygen atoms in total. The van der Waals surface area contributed by atoms with Crippen LogP contribution in [0.15, 0.2) is 24.5 Å². The van der Waals surface area contributed by atoms with Crippen molar-refractivity contribution in [2.24, 2.45) is 0 Å². The molecule has 2 aromatic rings. The van der Waals surface area contributed by atoms with Crippen molar-refractivity contribution in [2.45, 2.75) is 6.54 Å². The van der Waals surface area contributed by atoms with Gasteiger partial charge in [-0.25, -0.2) is 9.78 Å². The van der Waals surface area contributed by atoms with Crippen molar-refractivity contribution in [1.82, 2.24) is 9.55 Å². The van der Waals surface area contributed by atoms with E-state index in [9.17, 15) is 4.79 Å². The first-order valence-electron chi connectivity index (χ1n) is 6.20. The summed E-state index contributed by atoms with van der Waals surface area (Å²) < 4.78 is 16.7. The summed E-state index contributed by atoms with van der Waals surface area (Å²) in [5.41, 5.74) is 6.90. The van der Waals surface area contributed by atoms with Gasteiger partial charge in [0.15, 0.2) is 5.69 Å². The Bertz CT molecular complexity index is 652. The van der Waals surface area contributed by atoms with Gasteiger partial charge in [0.25, 0.3) is 0 Å². The maximum Gasteiger partial charge on any atom is 0.360 e. The zero-order valence-electron chi connectivity index (χ0n) is 12.1. The Labute approximate surface area is 122 Å². The quantitative estimate of drug-likeness (QED) is 0.836. The lowest BCUT2D eigenvalue weighted by atomic mass is 10.2. The highest BCUT2D eigenvalue weighted by Gasteiger charge is 2.17. The maximum atomic E-state index is 11.5. The number of nitrogens with two attached hydrogens (primary N) is 1. The Balaban J connectivity index is 2.30. The summed E-state index contributed by atoms with van der Waals surface area (Å²) in [5.74, 6) is 1.05. The van der Waals surface area contributed by atoms with Gasteiger partial charge in [-0.1, -0.05) is 0 Å². The van der Waals surface area contributed by atoms with Crippen molar-refractivity contribution in [2.75, 3.05) is 27.1 Å². The van der Waals surface area contributed by atoms with Gasteiger partial charge in [-0.3, -0.25) is 0 Å². The summed E-state index contributed by atoms with van der Waals surface area (Å²) in [6.07, 6.45) is 1.49. The minimum Gasteiger partial charge on any atom is -0.497 e. The van der Waals surface area contributed by atoms with E-state index >= 15 is 0 Å². The Kier molecular flexibility index (Phi) is 4.32. The molecule has 0 aliphatic heterocycles. The molecule has 7 heteroatoms. The minimum absolute atomic E-state index is 0.102. The molecule has 0 fully saturated rings. The SMILES string of the molecule is COC(=O)c1ncn(Cc2ccc(OC)cc2OC)c1N. The van der Waals surface area contributed by atoms with E-state index in [0.29, 0.717) is 18.0 Å². The molecule has 0 atom stereocenters. The predicted molar refractivity (Wildman–Crippen MR) is 76.6 cm³/mol. The number of hydrogen-bond donors (Lipinski definition) is 1. The molecule has 0 radical (unpaired) electrons. The summed E-state index contributed by atoms with van der Waals surface area (Å²) in [4.78, 5) is 15.5. The zero-order valence-corrected chi connectivity index (χ0v) is 12.1. The van der Waals surface area contributed by atoms with Gasteiger partial charge >= 0.3 is 5.97 Å². The van der Waals surface area contributed by atoms with Crippen molar-refractivity contribution in [3.63, 3.8) is 0 Å². The van der Waals surface area contributed by atoms with Crippen molar-refractivity contribution < 1.29 is 19.0 Å². The summed E-state index contributed by atoms with van der Waals surface area (Å²) in [7, 11) is 4.45. The van der Waals surface area contributed by atoms with Crippen LogP contribution in [0.25, 0.3) is 0 Å². The van der Waals surface area contributed by atoms with Crippen LogP contribution >= 0.6 is 0 Å². The topological polar surface area (TPSA) is 88.6 Å². The van der Waals surface area contributed by atoms with Crippen LogP contribution in [-0.4, -0.2) is 36.8 Å². The summed E-state index contributed by atoms with van der Waals surface area (Å²) in [5, 5.41) is 0. The second-order valence-corrected chi connectivity index (χ2v) is 4.28. The monoisotopic (exact) mass is 291 g/mol. The number of hydrogen-bond acceptors (Lipinski definition) is 6. The van der Waals surface area contributed by atoms with Crippen molar-refractivity contribution in [3.05, 3.63) is 35.8 Å². The first-order chi connectivity index (χ1) is 10.1. The number of anilines is 1. The van der Waals surface area contributed by atoms with Crippen molar-refractivity contribution in [3.8, 4) is 11.5 Å². The third kappa shape index (κ3) is 2.91. The summed E-state index contributed by atoms with van der Waals surface area (Å²) in [6.45, 7) is 0.420. The number of nitrogen functional groups attached to an aromatic ring is 1.